The molecule has 0 unspecified atom stereocenters. The highest BCUT2D eigenvalue weighted by Gasteiger charge is 2.25. The molecular formula is C20H19N7O. The number of aromatic nitrogens is 6. The Hall–Kier alpha value is -3.55. The number of hydrogen-bond donors (Lipinski definition) is 0. The Labute approximate surface area is 161 Å². The van der Waals surface area contributed by atoms with Gasteiger partial charge in [0.2, 0.25) is 5.82 Å². The summed E-state index contributed by atoms with van der Waals surface area (Å²) in [5.74, 6) is 2.01. The van der Waals surface area contributed by atoms with Crippen molar-refractivity contribution in [2.45, 2.75) is 19.9 Å². The molecule has 0 radical (unpaired) electrons. The third-order valence-corrected chi connectivity index (χ3v) is 5.12. The SMILES string of the molecule is Cc1ncc2c(c1-c1noc(-c3ccnn3C)n1)CCN(c1ccccn1)C2. The smallest absolute Gasteiger partial charge is 0.276 e. The van der Waals surface area contributed by atoms with Crippen LogP contribution in [0.1, 0.15) is 16.8 Å². The van der Waals surface area contributed by atoms with Crippen LogP contribution in [0.25, 0.3) is 23.0 Å². The van der Waals surface area contributed by atoms with E-state index in [2.05, 4.69) is 30.1 Å². The molecule has 8 heteroatoms. The minimum atomic E-state index is 0.456. The zero-order chi connectivity index (χ0) is 19.1. The Balaban J connectivity index is 1.52. The van der Waals surface area contributed by atoms with Gasteiger partial charge in [0.15, 0.2) is 0 Å². The van der Waals surface area contributed by atoms with Crippen LogP contribution in [0, 0.1) is 6.92 Å². The van der Waals surface area contributed by atoms with Gasteiger partial charge in [0, 0.05) is 50.0 Å². The van der Waals surface area contributed by atoms with Crippen LogP contribution < -0.4 is 4.90 Å². The van der Waals surface area contributed by atoms with Crippen molar-refractivity contribution in [1.29, 1.82) is 0 Å². The average Bonchev–Trinajstić information content (AvgIpc) is 3.37. The molecule has 0 spiro atoms. The van der Waals surface area contributed by atoms with Crippen LogP contribution in [0.4, 0.5) is 5.82 Å². The average molecular weight is 373 g/mol. The molecule has 4 aromatic heterocycles. The standard InChI is InChI=1S/C20H19N7O/c1-13-18(19-24-20(28-25-19)16-6-9-23-26(16)2)15-7-10-27(12-14(15)11-22-13)17-5-3-4-8-21-17/h3-6,8-9,11H,7,10,12H2,1-2H3. The molecule has 0 saturated carbocycles. The summed E-state index contributed by atoms with van der Waals surface area (Å²) in [6, 6.07) is 7.83. The molecular weight excluding hydrogens is 354 g/mol. The van der Waals surface area contributed by atoms with Gasteiger partial charge in [0.25, 0.3) is 5.89 Å². The van der Waals surface area contributed by atoms with Gasteiger partial charge in [-0.25, -0.2) is 4.98 Å². The van der Waals surface area contributed by atoms with Crippen molar-refractivity contribution in [3.05, 3.63) is 59.7 Å². The molecule has 0 bridgehead atoms. The second-order valence-corrected chi connectivity index (χ2v) is 6.85. The predicted octanol–water partition coefficient (Wildman–Crippen LogP) is 2.80. The van der Waals surface area contributed by atoms with Crippen molar-refractivity contribution in [2.24, 2.45) is 7.05 Å². The molecule has 0 atom stereocenters. The van der Waals surface area contributed by atoms with E-state index in [1.165, 1.54) is 11.1 Å². The third-order valence-electron chi connectivity index (χ3n) is 5.12. The number of pyridine rings is 2. The van der Waals surface area contributed by atoms with Crippen LogP contribution in [0.3, 0.4) is 0 Å². The number of hydrogen-bond acceptors (Lipinski definition) is 7. The third kappa shape index (κ3) is 2.74. The van der Waals surface area contributed by atoms with E-state index >= 15 is 0 Å². The maximum Gasteiger partial charge on any atom is 0.276 e. The summed E-state index contributed by atoms with van der Waals surface area (Å²) < 4.78 is 7.23. The van der Waals surface area contributed by atoms with Gasteiger partial charge in [-0.2, -0.15) is 10.1 Å². The first-order valence-electron chi connectivity index (χ1n) is 9.16. The van der Waals surface area contributed by atoms with Crippen LogP contribution in [0.15, 0.2) is 47.4 Å². The Kier molecular flexibility index (Phi) is 3.89. The summed E-state index contributed by atoms with van der Waals surface area (Å²) in [5.41, 5.74) is 5.06. The van der Waals surface area contributed by atoms with Crippen molar-refractivity contribution >= 4 is 5.82 Å². The molecule has 0 N–H and O–H groups in total. The molecule has 0 amide bonds. The second kappa shape index (κ2) is 6.56. The molecule has 0 aromatic carbocycles. The quantitative estimate of drug-likeness (QED) is 0.546. The first-order valence-corrected chi connectivity index (χ1v) is 9.16. The minimum Gasteiger partial charge on any atom is -0.352 e. The van der Waals surface area contributed by atoms with Crippen molar-refractivity contribution < 1.29 is 4.52 Å². The van der Waals surface area contributed by atoms with E-state index in [0.717, 1.165) is 42.3 Å². The molecule has 8 nitrogen and oxygen atoms in total. The summed E-state index contributed by atoms with van der Waals surface area (Å²) >= 11 is 0. The van der Waals surface area contributed by atoms with E-state index in [0.29, 0.717) is 11.7 Å². The number of aryl methyl sites for hydroxylation is 2. The Morgan fingerprint density at radius 1 is 1.11 bits per heavy atom. The number of anilines is 1. The van der Waals surface area contributed by atoms with Crippen molar-refractivity contribution in [1.82, 2.24) is 29.9 Å². The largest absolute Gasteiger partial charge is 0.352 e. The lowest BCUT2D eigenvalue weighted by atomic mass is 9.94. The fourth-order valence-electron chi connectivity index (χ4n) is 3.70. The van der Waals surface area contributed by atoms with Crippen molar-refractivity contribution in [2.75, 3.05) is 11.4 Å². The lowest BCUT2D eigenvalue weighted by molar-refractivity contribution is 0.428. The molecule has 1 aliphatic heterocycles. The number of fused-ring (bicyclic) bond motifs is 1. The number of nitrogens with zero attached hydrogens (tertiary/aromatic N) is 7. The van der Waals surface area contributed by atoms with Gasteiger partial charge in [0.05, 0.1) is 0 Å². The maximum absolute atomic E-state index is 5.51. The van der Waals surface area contributed by atoms with Gasteiger partial charge in [-0.15, -0.1) is 0 Å². The molecule has 5 rings (SSSR count). The molecule has 0 fully saturated rings. The van der Waals surface area contributed by atoms with E-state index in [4.69, 9.17) is 4.52 Å². The Bertz CT molecular complexity index is 1130. The molecule has 0 aliphatic carbocycles. The van der Waals surface area contributed by atoms with E-state index in [1.54, 1.807) is 10.9 Å². The van der Waals surface area contributed by atoms with E-state index in [1.807, 2.05) is 50.6 Å². The highest BCUT2D eigenvalue weighted by molar-refractivity contribution is 5.67. The predicted molar refractivity (Wildman–Crippen MR) is 103 cm³/mol. The fraction of sp³-hybridized carbons (Fsp3) is 0.250. The van der Waals surface area contributed by atoms with Gasteiger partial charge < -0.3 is 9.42 Å². The summed E-state index contributed by atoms with van der Waals surface area (Å²) in [6.45, 7) is 3.63. The van der Waals surface area contributed by atoms with Gasteiger partial charge in [-0.1, -0.05) is 11.2 Å². The Morgan fingerprint density at radius 3 is 2.82 bits per heavy atom. The highest BCUT2D eigenvalue weighted by Crippen LogP contribution is 2.32. The second-order valence-electron chi connectivity index (χ2n) is 6.85. The van der Waals surface area contributed by atoms with Gasteiger partial charge >= 0.3 is 0 Å². The summed E-state index contributed by atoms with van der Waals surface area (Å²) in [5, 5.41) is 8.40. The molecule has 28 heavy (non-hydrogen) atoms. The first-order chi connectivity index (χ1) is 13.7. The summed E-state index contributed by atoms with van der Waals surface area (Å²) in [7, 11) is 1.85. The van der Waals surface area contributed by atoms with Gasteiger partial charge in [-0.3, -0.25) is 9.67 Å². The van der Waals surface area contributed by atoms with Crippen LogP contribution in [0.2, 0.25) is 0 Å². The van der Waals surface area contributed by atoms with E-state index in [-0.39, 0.29) is 0 Å². The van der Waals surface area contributed by atoms with Crippen LogP contribution >= 0.6 is 0 Å². The van der Waals surface area contributed by atoms with Crippen molar-refractivity contribution in [3.8, 4) is 23.0 Å². The maximum atomic E-state index is 5.51. The summed E-state index contributed by atoms with van der Waals surface area (Å²) in [4.78, 5) is 16.0. The molecule has 0 saturated heterocycles. The van der Waals surface area contributed by atoms with Gasteiger partial charge in [-0.05, 0) is 42.7 Å². The zero-order valence-electron chi connectivity index (χ0n) is 15.7. The number of rotatable bonds is 3. The highest BCUT2D eigenvalue weighted by atomic mass is 16.5. The van der Waals surface area contributed by atoms with Gasteiger partial charge in [0.1, 0.15) is 11.5 Å². The summed E-state index contributed by atoms with van der Waals surface area (Å²) in [6.07, 6.45) is 6.36. The lowest BCUT2D eigenvalue weighted by Gasteiger charge is -2.30. The molecule has 5 heterocycles. The Morgan fingerprint density at radius 2 is 2.04 bits per heavy atom. The topological polar surface area (TPSA) is 85.8 Å². The minimum absolute atomic E-state index is 0.456. The van der Waals surface area contributed by atoms with Crippen molar-refractivity contribution in [3.63, 3.8) is 0 Å². The normalized spacial score (nSPS) is 13.6. The monoisotopic (exact) mass is 373 g/mol. The zero-order valence-corrected chi connectivity index (χ0v) is 15.7. The first kappa shape index (κ1) is 16.6. The fourth-order valence-corrected chi connectivity index (χ4v) is 3.70. The molecule has 1 aliphatic rings. The molecule has 4 aromatic rings. The van der Waals surface area contributed by atoms with Crippen LogP contribution in [0.5, 0.6) is 0 Å². The van der Waals surface area contributed by atoms with E-state index in [9.17, 15) is 0 Å². The van der Waals surface area contributed by atoms with E-state index < -0.39 is 0 Å². The van der Waals surface area contributed by atoms with Crippen LogP contribution in [-0.2, 0) is 20.0 Å². The molecule has 140 valence electrons. The lowest BCUT2D eigenvalue weighted by Crippen LogP contribution is -2.31. The van der Waals surface area contributed by atoms with Crippen LogP contribution in [-0.4, -0.2) is 36.4 Å².